The van der Waals surface area contributed by atoms with Gasteiger partial charge >= 0.3 is 12.0 Å². The van der Waals surface area contributed by atoms with Gasteiger partial charge in [0.1, 0.15) is 24.5 Å². The van der Waals surface area contributed by atoms with Crippen molar-refractivity contribution in [3.63, 3.8) is 0 Å². The van der Waals surface area contributed by atoms with Crippen molar-refractivity contribution in [3.05, 3.63) is 34.1 Å². The molecule has 1 spiro atoms. The number of nitrogens with one attached hydrogen (secondary N) is 1. The van der Waals surface area contributed by atoms with Gasteiger partial charge in [-0.05, 0) is 25.0 Å². The molecule has 2 aliphatic rings. The summed E-state index contributed by atoms with van der Waals surface area (Å²) in [5.74, 6) is -1.63. The summed E-state index contributed by atoms with van der Waals surface area (Å²) in [6.45, 7) is -0.725. The molecule has 0 atom stereocenters. The van der Waals surface area contributed by atoms with Gasteiger partial charge in [0.25, 0.3) is 5.91 Å². The van der Waals surface area contributed by atoms with E-state index in [1.807, 2.05) is 0 Å². The summed E-state index contributed by atoms with van der Waals surface area (Å²) in [7, 11) is 0. The number of hydrogen-bond acceptors (Lipinski definition) is 4. The molecule has 3 amide bonds. The quantitative estimate of drug-likeness (QED) is 0.624. The van der Waals surface area contributed by atoms with E-state index in [1.54, 1.807) is 6.07 Å². The van der Waals surface area contributed by atoms with Gasteiger partial charge in [-0.15, -0.1) is 0 Å². The van der Waals surface area contributed by atoms with E-state index in [0.717, 1.165) is 17.7 Å². The van der Waals surface area contributed by atoms with Crippen molar-refractivity contribution < 1.29 is 23.5 Å². The van der Waals surface area contributed by atoms with Crippen LogP contribution in [-0.4, -0.2) is 34.9 Å². The number of amides is 3. The Labute approximate surface area is 146 Å². The molecule has 6 nitrogen and oxygen atoms in total. The Morgan fingerprint density at radius 1 is 1.33 bits per heavy atom. The highest BCUT2D eigenvalue weighted by atomic mass is 79.9. The largest absolute Gasteiger partial charge is 0.459 e. The van der Waals surface area contributed by atoms with Gasteiger partial charge in [0, 0.05) is 10.0 Å². The van der Waals surface area contributed by atoms with Gasteiger partial charge in [-0.2, -0.15) is 0 Å². The smallest absolute Gasteiger partial charge is 0.326 e. The molecular formula is C16H16BrFN2O4. The molecule has 1 aliphatic heterocycles. The third-order valence-corrected chi connectivity index (χ3v) is 4.89. The maximum atomic E-state index is 13.7. The van der Waals surface area contributed by atoms with Gasteiger partial charge in [0.2, 0.25) is 0 Å². The molecule has 1 aromatic carbocycles. The maximum Gasteiger partial charge on any atom is 0.326 e. The predicted octanol–water partition coefficient (Wildman–Crippen LogP) is 2.50. The Bertz CT molecular complexity index is 703. The molecule has 1 aliphatic carbocycles. The van der Waals surface area contributed by atoms with Crippen molar-refractivity contribution >= 4 is 33.8 Å². The van der Waals surface area contributed by atoms with Gasteiger partial charge in [-0.25, -0.2) is 9.18 Å². The summed E-state index contributed by atoms with van der Waals surface area (Å²) in [5, 5.41) is 2.69. The first-order valence-corrected chi connectivity index (χ1v) is 8.44. The van der Waals surface area contributed by atoms with Gasteiger partial charge < -0.3 is 10.1 Å². The first kappa shape index (κ1) is 16.9. The fourth-order valence-corrected chi connectivity index (χ4v) is 3.44. The molecular weight excluding hydrogens is 383 g/mol. The Kier molecular flexibility index (Phi) is 4.58. The van der Waals surface area contributed by atoms with Crippen molar-refractivity contribution in [2.45, 2.75) is 37.8 Å². The summed E-state index contributed by atoms with van der Waals surface area (Å²) in [4.78, 5) is 37.2. The number of carbonyl (C=O) groups is 3. The highest BCUT2D eigenvalue weighted by Gasteiger charge is 2.52. The molecule has 8 heteroatoms. The molecule has 3 rings (SSSR count). The lowest BCUT2D eigenvalue weighted by Crippen LogP contribution is -2.44. The Hall–Kier alpha value is -1.96. The van der Waals surface area contributed by atoms with Crippen LogP contribution in [-0.2, 0) is 20.9 Å². The van der Waals surface area contributed by atoms with Crippen LogP contribution in [0.1, 0.15) is 31.2 Å². The van der Waals surface area contributed by atoms with Crippen LogP contribution in [0, 0.1) is 5.82 Å². The number of nitrogens with zero attached hydrogens (tertiary/aromatic N) is 1. The number of carbonyl (C=O) groups excluding carboxylic acids is 3. The van der Waals surface area contributed by atoms with E-state index in [4.69, 9.17) is 4.74 Å². The molecule has 1 heterocycles. The van der Waals surface area contributed by atoms with Gasteiger partial charge in [0.15, 0.2) is 0 Å². The maximum absolute atomic E-state index is 13.7. The molecule has 24 heavy (non-hydrogen) atoms. The molecule has 1 saturated heterocycles. The van der Waals surface area contributed by atoms with E-state index in [-0.39, 0.29) is 18.1 Å². The molecule has 1 saturated carbocycles. The second-order valence-electron chi connectivity index (χ2n) is 6.01. The lowest BCUT2D eigenvalue weighted by Gasteiger charge is -2.19. The van der Waals surface area contributed by atoms with E-state index in [2.05, 4.69) is 21.2 Å². The summed E-state index contributed by atoms with van der Waals surface area (Å²) in [6.07, 6.45) is 2.92. The topological polar surface area (TPSA) is 75.7 Å². The van der Waals surface area contributed by atoms with Crippen LogP contribution >= 0.6 is 15.9 Å². The molecule has 2 fully saturated rings. The van der Waals surface area contributed by atoms with Crippen molar-refractivity contribution in [3.8, 4) is 0 Å². The number of esters is 1. The minimum atomic E-state index is -0.852. The van der Waals surface area contributed by atoms with E-state index in [9.17, 15) is 18.8 Å². The Morgan fingerprint density at radius 2 is 2.04 bits per heavy atom. The highest BCUT2D eigenvalue weighted by Crippen LogP contribution is 2.34. The molecule has 0 bridgehead atoms. The molecule has 1 aromatic rings. The number of imide groups is 1. The van der Waals surface area contributed by atoms with Gasteiger partial charge in [0.05, 0.1) is 0 Å². The second-order valence-corrected chi connectivity index (χ2v) is 6.92. The summed E-state index contributed by atoms with van der Waals surface area (Å²) >= 11 is 3.14. The molecule has 0 aromatic heterocycles. The van der Waals surface area contributed by atoms with Crippen LogP contribution in [0.5, 0.6) is 0 Å². The summed E-state index contributed by atoms with van der Waals surface area (Å²) in [5.41, 5.74) is -0.633. The number of benzene rings is 1. The highest BCUT2D eigenvalue weighted by molar-refractivity contribution is 9.10. The standard InChI is InChI=1S/C16H16BrFN2O4/c17-11-4-3-10(12(18)7-11)9-24-13(21)8-20-14(22)16(19-15(20)23)5-1-2-6-16/h3-4,7H,1-2,5-6,8-9H2,(H,19,23). The van der Waals surface area contributed by atoms with Crippen LogP contribution in [0.4, 0.5) is 9.18 Å². The van der Waals surface area contributed by atoms with Gasteiger partial charge in [-0.1, -0.05) is 34.8 Å². The molecule has 0 radical (unpaired) electrons. The van der Waals surface area contributed by atoms with Crippen molar-refractivity contribution in [1.82, 2.24) is 10.2 Å². The lowest BCUT2D eigenvalue weighted by molar-refractivity contribution is -0.148. The van der Waals surface area contributed by atoms with Gasteiger partial charge in [-0.3, -0.25) is 14.5 Å². The summed E-state index contributed by atoms with van der Waals surface area (Å²) < 4.78 is 19.3. The fraction of sp³-hybridized carbons (Fsp3) is 0.438. The van der Waals surface area contributed by atoms with Crippen molar-refractivity contribution in [2.75, 3.05) is 6.54 Å². The van der Waals surface area contributed by atoms with Crippen LogP contribution in [0.15, 0.2) is 22.7 Å². The zero-order valence-electron chi connectivity index (χ0n) is 12.8. The third kappa shape index (κ3) is 3.15. The van der Waals surface area contributed by atoms with E-state index in [1.165, 1.54) is 12.1 Å². The normalized spacial score (nSPS) is 19.0. The second kappa shape index (κ2) is 6.51. The SMILES string of the molecule is O=C(CN1C(=O)NC2(CCCC2)C1=O)OCc1ccc(Br)cc1F. The predicted molar refractivity (Wildman–Crippen MR) is 85.3 cm³/mol. The average molecular weight is 399 g/mol. The third-order valence-electron chi connectivity index (χ3n) is 4.39. The number of urea groups is 1. The zero-order valence-corrected chi connectivity index (χ0v) is 14.4. The molecule has 0 unspecified atom stereocenters. The minimum absolute atomic E-state index is 0.219. The van der Waals surface area contributed by atoms with Crippen LogP contribution < -0.4 is 5.32 Å². The number of halogens is 2. The summed E-state index contributed by atoms with van der Waals surface area (Å²) in [6, 6.07) is 3.82. The average Bonchev–Trinajstić information content (AvgIpc) is 3.08. The lowest BCUT2D eigenvalue weighted by atomic mass is 9.98. The Morgan fingerprint density at radius 3 is 2.71 bits per heavy atom. The van der Waals surface area contributed by atoms with E-state index < -0.39 is 29.9 Å². The first-order chi connectivity index (χ1) is 11.4. The number of hydrogen-bond donors (Lipinski definition) is 1. The number of rotatable bonds is 4. The van der Waals surface area contributed by atoms with Crippen molar-refractivity contribution in [2.24, 2.45) is 0 Å². The Balaban J connectivity index is 1.59. The monoisotopic (exact) mass is 398 g/mol. The first-order valence-electron chi connectivity index (χ1n) is 7.65. The molecule has 128 valence electrons. The van der Waals surface area contributed by atoms with E-state index in [0.29, 0.717) is 17.3 Å². The zero-order chi connectivity index (χ0) is 17.3. The van der Waals surface area contributed by atoms with Crippen molar-refractivity contribution in [1.29, 1.82) is 0 Å². The van der Waals surface area contributed by atoms with E-state index >= 15 is 0 Å². The molecule has 1 N–H and O–H groups in total. The minimum Gasteiger partial charge on any atom is -0.459 e. The number of ether oxygens (including phenoxy) is 1. The van der Waals surface area contributed by atoms with Crippen LogP contribution in [0.3, 0.4) is 0 Å². The van der Waals surface area contributed by atoms with Crippen LogP contribution in [0.2, 0.25) is 0 Å². The van der Waals surface area contributed by atoms with Crippen LogP contribution in [0.25, 0.3) is 0 Å². The fourth-order valence-electron chi connectivity index (χ4n) is 3.11.